The van der Waals surface area contributed by atoms with E-state index in [0.717, 1.165) is 5.56 Å². The van der Waals surface area contributed by atoms with E-state index in [1.54, 1.807) is 37.3 Å². The van der Waals surface area contributed by atoms with E-state index in [0.29, 0.717) is 5.56 Å². The minimum atomic E-state index is -0.743. The number of rotatable bonds is 3. The Morgan fingerprint density at radius 3 is 2.59 bits per heavy atom. The molecule has 27 heavy (non-hydrogen) atoms. The summed E-state index contributed by atoms with van der Waals surface area (Å²) < 4.78 is 5.64. The highest BCUT2D eigenvalue weighted by Gasteiger charge is 2.28. The Morgan fingerprint density at radius 2 is 1.93 bits per heavy atom. The fraction of sp³-hybridized carbons (Fsp3) is 0.105. The van der Waals surface area contributed by atoms with Gasteiger partial charge in [-0.15, -0.1) is 0 Å². The maximum Gasteiger partial charge on any atom is 0.280 e. The fourth-order valence-corrected chi connectivity index (χ4v) is 2.74. The third-order valence-corrected chi connectivity index (χ3v) is 4.12. The zero-order chi connectivity index (χ0) is 19.7. The average Bonchev–Trinajstić information content (AvgIpc) is 3.07. The maximum atomic E-state index is 12.1. The Hall–Kier alpha value is -3.99. The molecule has 1 aromatic heterocycles. The number of hydrogen-bond acceptors (Lipinski definition) is 6. The number of nitriles is 1. The summed E-state index contributed by atoms with van der Waals surface area (Å²) in [5.41, 5.74) is 1.17. The van der Waals surface area contributed by atoms with Gasteiger partial charge in [-0.1, -0.05) is 6.07 Å². The molecule has 2 amide bonds. The van der Waals surface area contributed by atoms with Gasteiger partial charge in [0.05, 0.1) is 10.5 Å². The Bertz CT molecular complexity index is 1100. The van der Waals surface area contributed by atoms with Crippen LogP contribution in [0.4, 0.5) is 5.69 Å². The topological polar surface area (TPSA) is 126 Å². The molecule has 0 saturated carbocycles. The lowest BCUT2D eigenvalue weighted by molar-refractivity contribution is -0.384. The lowest BCUT2D eigenvalue weighted by Crippen LogP contribution is -2.37. The molecule has 1 aliphatic heterocycles. The first-order chi connectivity index (χ1) is 12.8. The van der Waals surface area contributed by atoms with Crippen molar-refractivity contribution >= 4 is 23.6 Å². The number of amides is 2. The molecule has 134 valence electrons. The number of nitro groups is 1. The first-order valence-corrected chi connectivity index (χ1v) is 7.85. The van der Waals surface area contributed by atoms with Gasteiger partial charge in [-0.3, -0.25) is 25.0 Å². The van der Waals surface area contributed by atoms with Gasteiger partial charge in [0, 0.05) is 11.6 Å². The Balaban J connectivity index is 2.05. The highest BCUT2D eigenvalue weighted by atomic mass is 16.6. The molecule has 0 saturated heterocycles. The van der Waals surface area contributed by atoms with Crippen molar-refractivity contribution in [1.29, 1.82) is 5.26 Å². The van der Waals surface area contributed by atoms with Crippen LogP contribution in [0.25, 0.3) is 17.4 Å². The molecule has 3 rings (SSSR count). The molecule has 2 aromatic rings. The number of hydrogen-bond donors (Lipinski definition) is 1. The van der Waals surface area contributed by atoms with E-state index < -0.39 is 16.7 Å². The molecular weight excluding hydrogens is 350 g/mol. The predicted molar refractivity (Wildman–Crippen MR) is 95.0 cm³/mol. The van der Waals surface area contributed by atoms with Gasteiger partial charge < -0.3 is 4.42 Å². The van der Waals surface area contributed by atoms with Gasteiger partial charge in [0.25, 0.3) is 17.5 Å². The first kappa shape index (κ1) is 17.8. The number of carbonyl (C=O) groups excluding carboxylic acids is 2. The molecule has 0 spiro atoms. The minimum Gasteiger partial charge on any atom is -0.456 e. The number of benzene rings is 1. The third-order valence-electron chi connectivity index (χ3n) is 4.12. The van der Waals surface area contributed by atoms with E-state index in [1.807, 2.05) is 0 Å². The lowest BCUT2D eigenvalue weighted by atomic mass is 9.96. The van der Waals surface area contributed by atoms with Crippen molar-refractivity contribution in [3.63, 3.8) is 0 Å². The van der Waals surface area contributed by atoms with Crippen molar-refractivity contribution in [1.82, 2.24) is 5.32 Å². The van der Waals surface area contributed by atoms with Crippen molar-refractivity contribution in [3.05, 3.63) is 68.5 Å². The number of imide groups is 1. The van der Waals surface area contributed by atoms with Crippen LogP contribution in [-0.2, 0) is 9.59 Å². The highest BCUT2D eigenvalue weighted by molar-refractivity contribution is 6.19. The molecule has 0 radical (unpaired) electrons. The third kappa shape index (κ3) is 3.26. The molecule has 8 heteroatoms. The summed E-state index contributed by atoms with van der Waals surface area (Å²) in [6, 6.07) is 9.64. The van der Waals surface area contributed by atoms with Gasteiger partial charge >= 0.3 is 0 Å². The van der Waals surface area contributed by atoms with E-state index in [9.17, 15) is 19.7 Å². The van der Waals surface area contributed by atoms with Crippen LogP contribution in [0.5, 0.6) is 0 Å². The number of nitrogens with one attached hydrogen (secondary N) is 1. The van der Waals surface area contributed by atoms with Crippen molar-refractivity contribution in [2.24, 2.45) is 0 Å². The molecule has 0 atom stereocenters. The minimum absolute atomic E-state index is 0.0904. The number of nitro benzene ring substituents is 1. The van der Waals surface area contributed by atoms with Gasteiger partial charge in [-0.25, -0.2) is 0 Å². The second-order valence-corrected chi connectivity index (χ2v) is 5.93. The van der Waals surface area contributed by atoms with Crippen LogP contribution in [0.1, 0.15) is 18.2 Å². The van der Waals surface area contributed by atoms with Crippen LogP contribution < -0.4 is 5.32 Å². The Labute approximate surface area is 153 Å². The average molecular weight is 363 g/mol. The van der Waals surface area contributed by atoms with E-state index in [1.165, 1.54) is 19.1 Å². The van der Waals surface area contributed by atoms with Crippen LogP contribution in [0, 0.1) is 28.4 Å². The molecule has 0 aliphatic carbocycles. The smallest absolute Gasteiger partial charge is 0.280 e. The van der Waals surface area contributed by atoms with Crippen LogP contribution in [0.3, 0.4) is 0 Å². The standard InChI is InChI=1S/C19H13N3O5/c1-10-3-5-13(16(7-10)22(25)26)17-6-4-12(27-17)8-14-11(2)15(9-20)19(24)21-18(14)23/h3-8H,1-2H3,(H,21,23,24)/b14-8-. The molecule has 1 N–H and O–H groups in total. The maximum absolute atomic E-state index is 12.1. The van der Waals surface area contributed by atoms with Gasteiger partial charge in [-0.05, 0) is 49.3 Å². The van der Waals surface area contributed by atoms with E-state index in [-0.39, 0.29) is 33.9 Å². The fourth-order valence-electron chi connectivity index (χ4n) is 2.74. The molecule has 0 fully saturated rings. The summed E-state index contributed by atoms with van der Waals surface area (Å²) in [6.07, 6.45) is 1.39. The second kappa shape index (κ2) is 6.72. The van der Waals surface area contributed by atoms with Crippen molar-refractivity contribution < 1.29 is 18.9 Å². The normalized spacial score (nSPS) is 15.7. The predicted octanol–water partition coefficient (Wildman–Crippen LogP) is 3.04. The van der Waals surface area contributed by atoms with Gasteiger partial charge in [-0.2, -0.15) is 5.26 Å². The molecule has 1 aliphatic rings. The largest absolute Gasteiger partial charge is 0.456 e. The summed E-state index contributed by atoms with van der Waals surface area (Å²) in [5.74, 6) is -0.859. The van der Waals surface area contributed by atoms with Crippen LogP contribution in [0.15, 0.2) is 51.5 Å². The van der Waals surface area contributed by atoms with Crippen LogP contribution in [0.2, 0.25) is 0 Å². The highest BCUT2D eigenvalue weighted by Crippen LogP contribution is 2.33. The molecule has 0 unspecified atom stereocenters. The molecule has 2 heterocycles. The van der Waals surface area contributed by atoms with Crippen LogP contribution in [-0.4, -0.2) is 16.7 Å². The number of furan rings is 1. The van der Waals surface area contributed by atoms with Gasteiger partial charge in [0.2, 0.25) is 0 Å². The number of aryl methyl sites for hydroxylation is 1. The zero-order valence-electron chi connectivity index (χ0n) is 14.4. The van der Waals surface area contributed by atoms with Crippen molar-refractivity contribution in [3.8, 4) is 17.4 Å². The van der Waals surface area contributed by atoms with Gasteiger partial charge in [0.1, 0.15) is 23.2 Å². The van der Waals surface area contributed by atoms with Crippen LogP contribution >= 0.6 is 0 Å². The summed E-state index contributed by atoms with van der Waals surface area (Å²) in [7, 11) is 0. The molecular formula is C19H13N3O5. The molecule has 8 nitrogen and oxygen atoms in total. The summed E-state index contributed by atoms with van der Waals surface area (Å²) >= 11 is 0. The summed E-state index contributed by atoms with van der Waals surface area (Å²) in [4.78, 5) is 34.5. The Morgan fingerprint density at radius 1 is 1.19 bits per heavy atom. The first-order valence-electron chi connectivity index (χ1n) is 7.85. The SMILES string of the molecule is CC1=C(C#N)C(=O)NC(=O)/C1=C\c1ccc(-c2ccc(C)cc2[N+](=O)[O-])o1. The monoisotopic (exact) mass is 363 g/mol. The zero-order valence-corrected chi connectivity index (χ0v) is 14.4. The van der Waals surface area contributed by atoms with Crippen molar-refractivity contribution in [2.75, 3.05) is 0 Å². The van der Waals surface area contributed by atoms with E-state index >= 15 is 0 Å². The number of carbonyl (C=O) groups is 2. The molecule has 0 bridgehead atoms. The summed E-state index contributed by atoms with van der Waals surface area (Å²) in [5, 5.41) is 22.4. The van der Waals surface area contributed by atoms with E-state index in [2.05, 4.69) is 5.32 Å². The lowest BCUT2D eigenvalue weighted by Gasteiger charge is -2.15. The second-order valence-electron chi connectivity index (χ2n) is 5.93. The Kier molecular flexibility index (Phi) is 4.44. The quantitative estimate of drug-likeness (QED) is 0.386. The number of nitrogens with zero attached hydrogens (tertiary/aromatic N) is 2. The van der Waals surface area contributed by atoms with Gasteiger partial charge in [0.15, 0.2) is 0 Å². The van der Waals surface area contributed by atoms with E-state index in [4.69, 9.17) is 9.68 Å². The van der Waals surface area contributed by atoms with Crippen molar-refractivity contribution in [2.45, 2.75) is 13.8 Å². The molecule has 1 aromatic carbocycles. The summed E-state index contributed by atoms with van der Waals surface area (Å²) in [6.45, 7) is 3.25.